The monoisotopic (exact) mass is 312 g/mol. The smallest absolute Gasteiger partial charge is 0.148 e. The average Bonchev–Trinajstić information content (AvgIpc) is 2.76. The van der Waals surface area contributed by atoms with Crippen LogP contribution < -0.4 is 0 Å². The van der Waals surface area contributed by atoms with Crippen molar-refractivity contribution in [1.29, 1.82) is 0 Å². The van der Waals surface area contributed by atoms with Gasteiger partial charge in [0, 0.05) is 11.1 Å². The Hall–Kier alpha value is -1.65. The molecule has 0 saturated carbocycles. The van der Waals surface area contributed by atoms with Gasteiger partial charge in [-0.05, 0) is 30.3 Å². The molecule has 0 aliphatic carbocycles. The molecule has 0 unspecified atom stereocenters. The highest BCUT2D eigenvalue weighted by Gasteiger charge is 2.15. The number of rotatable bonds is 2. The Morgan fingerprint density at radius 3 is 2.60 bits per heavy atom. The molecule has 2 nitrogen and oxygen atoms in total. The number of imidazole rings is 1. The van der Waals surface area contributed by atoms with Crippen LogP contribution in [0.5, 0.6) is 0 Å². The summed E-state index contributed by atoms with van der Waals surface area (Å²) in [5, 5.41) is 0.300. The number of aromatic nitrogens is 2. The van der Waals surface area contributed by atoms with E-state index in [1.54, 1.807) is 16.7 Å². The molecule has 0 amide bonds. The Labute approximate surface area is 123 Å². The van der Waals surface area contributed by atoms with Gasteiger partial charge in [-0.15, -0.1) is 11.6 Å². The Morgan fingerprint density at radius 2 is 1.90 bits per heavy atom. The standard InChI is InChI=1S/C14H8Cl2F2N2/c15-7-14-19-11-6-9(17)2-4-13(11)20(14)12-3-1-8(16)5-10(12)18/h1-6H,7H2. The van der Waals surface area contributed by atoms with Crippen molar-refractivity contribution in [3.8, 4) is 5.69 Å². The molecule has 0 aliphatic rings. The van der Waals surface area contributed by atoms with Gasteiger partial charge < -0.3 is 0 Å². The summed E-state index contributed by atoms with van der Waals surface area (Å²) in [6.45, 7) is 0. The summed E-state index contributed by atoms with van der Waals surface area (Å²) in [6.07, 6.45) is 0. The number of hydrogen-bond donors (Lipinski definition) is 0. The first-order valence-electron chi connectivity index (χ1n) is 5.78. The Morgan fingerprint density at radius 1 is 1.10 bits per heavy atom. The highest BCUT2D eigenvalue weighted by atomic mass is 35.5. The molecule has 1 heterocycles. The molecule has 20 heavy (non-hydrogen) atoms. The molecule has 3 aromatic rings. The second kappa shape index (κ2) is 5.04. The Kier molecular flexibility index (Phi) is 3.36. The Balaban J connectivity index is 2.34. The number of halogens is 4. The summed E-state index contributed by atoms with van der Waals surface area (Å²) in [4.78, 5) is 4.22. The molecular weight excluding hydrogens is 305 g/mol. The maximum Gasteiger partial charge on any atom is 0.148 e. The molecule has 3 rings (SSSR count). The van der Waals surface area contributed by atoms with E-state index in [0.29, 0.717) is 21.9 Å². The third-order valence-corrected chi connectivity index (χ3v) is 3.43. The molecule has 0 radical (unpaired) electrons. The van der Waals surface area contributed by atoms with E-state index < -0.39 is 11.6 Å². The molecule has 0 spiro atoms. The summed E-state index contributed by atoms with van der Waals surface area (Å²) >= 11 is 11.6. The summed E-state index contributed by atoms with van der Waals surface area (Å²) in [7, 11) is 0. The first-order chi connectivity index (χ1) is 9.60. The zero-order chi connectivity index (χ0) is 14.3. The van der Waals surface area contributed by atoms with E-state index in [2.05, 4.69) is 4.98 Å². The predicted molar refractivity (Wildman–Crippen MR) is 75.6 cm³/mol. The molecule has 6 heteroatoms. The fraction of sp³-hybridized carbons (Fsp3) is 0.0714. The van der Waals surface area contributed by atoms with Crippen molar-refractivity contribution in [2.24, 2.45) is 0 Å². The number of benzene rings is 2. The summed E-state index contributed by atoms with van der Waals surface area (Å²) in [6, 6.07) is 8.46. The number of hydrogen-bond acceptors (Lipinski definition) is 1. The third-order valence-electron chi connectivity index (χ3n) is 2.96. The van der Waals surface area contributed by atoms with Crippen LogP contribution in [0.25, 0.3) is 16.7 Å². The van der Waals surface area contributed by atoms with Crippen LogP contribution in [0.15, 0.2) is 36.4 Å². The molecule has 0 atom stereocenters. The number of nitrogens with zero attached hydrogens (tertiary/aromatic N) is 2. The van der Waals surface area contributed by atoms with Crippen LogP contribution in [0.4, 0.5) is 8.78 Å². The number of fused-ring (bicyclic) bond motifs is 1. The molecule has 2 aromatic carbocycles. The van der Waals surface area contributed by atoms with Crippen LogP contribution in [0, 0.1) is 11.6 Å². The maximum atomic E-state index is 14.1. The predicted octanol–water partition coefficient (Wildman–Crippen LogP) is 4.70. The lowest BCUT2D eigenvalue weighted by atomic mass is 10.2. The van der Waals surface area contributed by atoms with Crippen molar-refractivity contribution >= 4 is 34.2 Å². The molecule has 0 fully saturated rings. The van der Waals surface area contributed by atoms with E-state index in [0.717, 1.165) is 0 Å². The molecule has 0 N–H and O–H groups in total. The largest absolute Gasteiger partial charge is 0.292 e. The highest BCUT2D eigenvalue weighted by molar-refractivity contribution is 6.30. The van der Waals surface area contributed by atoms with Gasteiger partial charge >= 0.3 is 0 Å². The van der Waals surface area contributed by atoms with Gasteiger partial charge in [-0.1, -0.05) is 11.6 Å². The molecular formula is C14H8Cl2F2N2. The highest BCUT2D eigenvalue weighted by Crippen LogP contribution is 2.26. The number of alkyl halides is 1. The van der Waals surface area contributed by atoms with Crippen LogP contribution in [-0.4, -0.2) is 9.55 Å². The second-order valence-corrected chi connectivity index (χ2v) is 4.93. The van der Waals surface area contributed by atoms with E-state index in [4.69, 9.17) is 23.2 Å². The van der Waals surface area contributed by atoms with E-state index in [1.807, 2.05) is 0 Å². The van der Waals surface area contributed by atoms with E-state index in [9.17, 15) is 8.78 Å². The van der Waals surface area contributed by atoms with Gasteiger partial charge in [0.25, 0.3) is 0 Å². The maximum absolute atomic E-state index is 14.1. The zero-order valence-electron chi connectivity index (χ0n) is 10.1. The van der Waals surface area contributed by atoms with Gasteiger partial charge in [-0.3, -0.25) is 4.57 Å². The van der Waals surface area contributed by atoms with Gasteiger partial charge in [0.05, 0.1) is 22.6 Å². The molecule has 102 valence electrons. The lowest BCUT2D eigenvalue weighted by Crippen LogP contribution is -2.02. The fourth-order valence-electron chi connectivity index (χ4n) is 2.12. The van der Waals surface area contributed by atoms with Crippen molar-refractivity contribution < 1.29 is 8.78 Å². The van der Waals surface area contributed by atoms with Crippen LogP contribution in [0.2, 0.25) is 5.02 Å². The van der Waals surface area contributed by atoms with Gasteiger partial charge in [0.1, 0.15) is 17.5 Å². The molecule has 0 saturated heterocycles. The van der Waals surface area contributed by atoms with Crippen LogP contribution >= 0.6 is 23.2 Å². The minimum Gasteiger partial charge on any atom is -0.292 e. The summed E-state index contributed by atoms with van der Waals surface area (Å²) in [5.74, 6) is -0.376. The molecule has 0 bridgehead atoms. The molecule has 0 aliphatic heterocycles. The van der Waals surface area contributed by atoms with Gasteiger partial charge in [-0.2, -0.15) is 0 Å². The van der Waals surface area contributed by atoms with E-state index in [1.165, 1.54) is 24.3 Å². The lowest BCUT2D eigenvalue weighted by molar-refractivity contribution is 0.618. The van der Waals surface area contributed by atoms with Crippen molar-refractivity contribution in [2.45, 2.75) is 5.88 Å². The SMILES string of the molecule is Fc1ccc2c(c1)nc(CCl)n2-c1ccc(Cl)cc1F. The van der Waals surface area contributed by atoms with Crippen molar-refractivity contribution in [3.05, 3.63) is 58.9 Å². The summed E-state index contributed by atoms with van der Waals surface area (Å²) < 4.78 is 28.9. The normalized spacial score (nSPS) is 11.2. The second-order valence-electron chi connectivity index (χ2n) is 4.23. The van der Waals surface area contributed by atoms with Gasteiger partial charge in [0.15, 0.2) is 0 Å². The fourth-order valence-corrected chi connectivity index (χ4v) is 2.46. The average molecular weight is 313 g/mol. The topological polar surface area (TPSA) is 17.8 Å². The summed E-state index contributed by atoms with van der Waals surface area (Å²) in [5.41, 5.74) is 1.29. The third kappa shape index (κ3) is 2.15. The van der Waals surface area contributed by atoms with E-state index in [-0.39, 0.29) is 11.6 Å². The Bertz CT molecular complexity index is 799. The van der Waals surface area contributed by atoms with Gasteiger partial charge in [-0.25, -0.2) is 13.8 Å². The minimum absolute atomic E-state index is 0.0817. The first-order valence-corrected chi connectivity index (χ1v) is 6.69. The first kappa shape index (κ1) is 13.3. The van der Waals surface area contributed by atoms with Crippen LogP contribution in [0.3, 0.4) is 0 Å². The van der Waals surface area contributed by atoms with Crippen molar-refractivity contribution in [1.82, 2.24) is 9.55 Å². The molecule has 1 aromatic heterocycles. The zero-order valence-corrected chi connectivity index (χ0v) is 11.6. The minimum atomic E-state index is -0.493. The van der Waals surface area contributed by atoms with Crippen molar-refractivity contribution in [3.63, 3.8) is 0 Å². The van der Waals surface area contributed by atoms with Crippen LogP contribution in [-0.2, 0) is 5.88 Å². The van der Waals surface area contributed by atoms with Crippen molar-refractivity contribution in [2.75, 3.05) is 0 Å². The lowest BCUT2D eigenvalue weighted by Gasteiger charge is -2.09. The van der Waals surface area contributed by atoms with Gasteiger partial charge in [0.2, 0.25) is 0 Å². The van der Waals surface area contributed by atoms with Crippen LogP contribution in [0.1, 0.15) is 5.82 Å². The van der Waals surface area contributed by atoms with E-state index >= 15 is 0 Å². The quantitative estimate of drug-likeness (QED) is 0.627.